The number of carbonyl (C=O) groups excluding carboxylic acids is 1. The molecule has 18 heavy (non-hydrogen) atoms. The minimum absolute atomic E-state index is 0.227. The van der Waals surface area contributed by atoms with E-state index in [9.17, 15) is 4.79 Å². The van der Waals surface area contributed by atoms with Crippen LogP contribution in [0.25, 0.3) is 0 Å². The van der Waals surface area contributed by atoms with E-state index in [1.165, 1.54) is 6.42 Å². The third kappa shape index (κ3) is 2.08. The zero-order chi connectivity index (χ0) is 12.7. The SMILES string of the molecule is Cc1ccsc1C(=O)N1C[C@H]2CCC(N)C[C@H]2C1. The molecule has 4 heteroatoms. The van der Waals surface area contributed by atoms with Gasteiger partial charge >= 0.3 is 0 Å². The van der Waals surface area contributed by atoms with E-state index in [1.54, 1.807) is 11.3 Å². The molecule has 1 saturated carbocycles. The molecule has 1 saturated heterocycles. The molecule has 2 fully saturated rings. The van der Waals surface area contributed by atoms with Gasteiger partial charge in [0.15, 0.2) is 0 Å². The third-order valence-electron chi connectivity index (χ3n) is 4.43. The average Bonchev–Trinajstić information content (AvgIpc) is 2.93. The van der Waals surface area contributed by atoms with Crippen molar-refractivity contribution in [1.29, 1.82) is 0 Å². The molecule has 2 N–H and O–H groups in total. The van der Waals surface area contributed by atoms with Crippen LogP contribution >= 0.6 is 11.3 Å². The molecule has 3 atom stereocenters. The molecule has 2 aliphatic rings. The van der Waals surface area contributed by atoms with E-state index in [0.29, 0.717) is 17.9 Å². The van der Waals surface area contributed by atoms with Crippen LogP contribution in [-0.4, -0.2) is 29.9 Å². The van der Waals surface area contributed by atoms with Crippen molar-refractivity contribution < 1.29 is 4.79 Å². The van der Waals surface area contributed by atoms with Gasteiger partial charge in [0.1, 0.15) is 0 Å². The predicted octanol–water partition coefficient (Wildman–Crippen LogP) is 2.26. The Hall–Kier alpha value is -0.870. The van der Waals surface area contributed by atoms with Crippen molar-refractivity contribution >= 4 is 17.2 Å². The molecular formula is C14H20N2OS. The maximum atomic E-state index is 12.5. The number of nitrogens with zero attached hydrogens (tertiary/aromatic N) is 1. The van der Waals surface area contributed by atoms with Gasteiger partial charge in [-0.2, -0.15) is 0 Å². The zero-order valence-electron chi connectivity index (χ0n) is 10.8. The lowest BCUT2D eigenvalue weighted by molar-refractivity contribution is 0.0788. The Morgan fingerprint density at radius 3 is 2.89 bits per heavy atom. The highest BCUT2D eigenvalue weighted by atomic mass is 32.1. The van der Waals surface area contributed by atoms with Crippen molar-refractivity contribution in [3.05, 3.63) is 21.9 Å². The van der Waals surface area contributed by atoms with E-state index in [2.05, 4.69) is 0 Å². The normalized spacial score (nSPS) is 31.4. The summed E-state index contributed by atoms with van der Waals surface area (Å²) in [4.78, 5) is 15.4. The molecule has 1 aliphatic heterocycles. The summed E-state index contributed by atoms with van der Waals surface area (Å²) in [6.45, 7) is 3.87. The Morgan fingerprint density at radius 1 is 1.39 bits per heavy atom. The minimum Gasteiger partial charge on any atom is -0.337 e. The monoisotopic (exact) mass is 264 g/mol. The van der Waals surface area contributed by atoms with Crippen LogP contribution in [0.1, 0.15) is 34.5 Å². The number of thiophene rings is 1. The maximum absolute atomic E-state index is 12.5. The van der Waals surface area contributed by atoms with E-state index < -0.39 is 0 Å². The van der Waals surface area contributed by atoms with Crippen LogP contribution in [0.4, 0.5) is 0 Å². The Morgan fingerprint density at radius 2 is 2.17 bits per heavy atom. The van der Waals surface area contributed by atoms with Gasteiger partial charge < -0.3 is 10.6 Å². The van der Waals surface area contributed by atoms with Gasteiger partial charge in [-0.3, -0.25) is 4.79 Å². The first kappa shape index (κ1) is 12.2. The molecule has 1 aromatic heterocycles. The molecular weight excluding hydrogens is 244 g/mol. The van der Waals surface area contributed by atoms with Crippen molar-refractivity contribution in [1.82, 2.24) is 4.90 Å². The van der Waals surface area contributed by atoms with Gasteiger partial charge in [0.05, 0.1) is 4.88 Å². The minimum atomic E-state index is 0.227. The Labute approximate surface area is 112 Å². The third-order valence-corrected chi connectivity index (χ3v) is 5.44. The number of aryl methyl sites for hydroxylation is 1. The van der Waals surface area contributed by atoms with Gasteiger partial charge in [0, 0.05) is 19.1 Å². The highest BCUT2D eigenvalue weighted by Gasteiger charge is 2.39. The first-order chi connectivity index (χ1) is 8.65. The van der Waals surface area contributed by atoms with Crippen molar-refractivity contribution in [3.63, 3.8) is 0 Å². The van der Waals surface area contributed by atoms with Crippen molar-refractivity contribution in [2.24, 2.45) is 17.6 Å². The fraction of sp³-hybridized carbons (Fsp3) is 0.643. The second-order valence-corrected chi connectivity index (χ2v) is 6.65. The largest absolute Gasteiger partial charge is 0.337 e. The number of likely N-dealkylation sites (tertiary alicyclic amines) is 1. The number of nitrogens with two attached hydrogens (primary N) is 1. The van der Waals surface area contributed by atoms with E-state index in [1.807, 2.05) is 23.3 Å². The molecule has 3 rings (SSSR count). The number of amides is 1. The standard InChI is InChI=1S/C14H20N2OS/c1-9-4-5-18-13(9)14(17)16-7-10-2-3-12(15)6-11(10)8-16/h4-5,10-12H,2-3,6-8,15H2,1H3/t10-,11+,12?/m1/s1. The van der Waals surface area contributed by atoms with Gasteiger partial charge in [0.25, 0.3) is 5.91 Å². The van der Waals surface area contributed by atoms with Crippen LogP contribution < -0.4 is 5.73 Å². The quantitative estimate of drug-likeness (QED) is 0.845. The van der Waals surface area contributed by atoms with Gasteiger partial charge in [0.2, 0.25) is 0 Å². The maximum Gasteiger partial charge on any atom is 0.264 e. The van der Waals surface area contributed by atoms with Crippen LogP contribution in [0.2, 0.25) is 0 Å². The van der Waals surface area contributed by atoms with Crippen molar-refractivity contribution in [2.75, 3.05) is 13.1 Å². The molecule has 3 nitrogen and oxygen atoms in total. The summed E-state index contributed by atoms with van der Waals surface area (Å²) < 4.78 is 0. The van der Waals surface area contributed by atoms with E-state index >= 15 is 0 Å². The lowest BCUT2D eigenvalue weighted by Crippen LogP contribution is -2.32. The van der Waals surface area contributed by atoms with E-state index in [-0.39, 0.29) is 5.91 Å². The lowest BCUT2D eigenvalue weighted by atomic mass is 9.79. The van der Waals surface area contributed by atoms with Crippen LogP contribution in [0, 0.1) is 18.8 Å². The summed E-state index contributed by atoms with van der Waals surface area (Å²) >= 11 is 1.56. The second kappa shape index (κ2) is 4.67. The summed E-state index contributed by atoms with van der Waals surface area (Å²) in [6, 6.07) is 2.38. The Kier molecular flexibility index (Phi) is 3.16. The fourth-order valence-electron chi connectivity index (χ4n) is 3.37. The predicted molar refractivity (Wildman–Crippen MR) is 73.8 cm³/mol. The summed E-state index contributed by atoms with van der Waals surface area (Å²) in [5, 5.41) is 2.00. The lowest BCUT2D eigenvalue weighted by Gasteiger charge is -2.27. The molecule has 1 amide bonds. The summed E-state index contributed by atoms with van der Waals surface area (Å²) in [6.07, 6.45) is 3.41. The molecule has 1 unspecified atom stereocenters. The number of carbonyl (C=O) groups is 1. The number of hydrogen-bond acceptors (Lipinski definition) is 3. The van der Waals surface area contributed by atoms with E-state index in [0.717, 1.165) is 36.4 Å². The average molecular weight is 264 g/mol. The summed E-state index contributed by atoms with van der Waals surface area (Å²) in [7, 11) is 0. The smallest absolute Gasteiger partial charge is 0.264 e. The highest BCUT2D eigenvalue weighted by Crippen LogP contribution is 2.36. The first-order valence-electron chi connectivity index (χ1n) is 6.74. The first-order valence-corrected chi connectivity index (χ1v) is 7.62. The van der Waals surface area contributed by atoms with Crippen molar-refractivity contribution in [3.8, 4) is 0 Å². The molecule has 98 valence electrons. The van der Waals surface area contributed by atoms with Crippen LogP contribution in [0.3, 0.4) is 0 Å². The molecule has 0 radical (unpaired) electrons. The van der Waals surface area contributed by atoms with Gasteiger partial charge in [-0.1, -0.05) is 0 Å². The molecule has 0 aromatic carbocycles. The van der Waals surface area contributed by atoms with Crippen molar-refractivity contribution in [2.45, 2.75) is 32.2 Å². The number of fused-ring (bicyclic) bond motifs is 1. The van der Waals surface area contributed by atoms with Crippen LogP contribution in [0.5, 0.6) is 0 Å². The second-order valence-electron chi connectivity index (χ2n) is 5.74. The molecule has 1 aromatic rings. The fourth-order valence-corrected chi connectivity index (χ4v) is 4.26. The van der Waals surface area contributed by atoms with Gasteiger partial charge in [-0.15, -0.1) is 11.3 Å². The van der Waals surface area contributed by atoms with Gasteiger partial charge in [-0.05, 0) is 55.0 Å². The Bertz CT molecular complexity index is 456. The van der Waals surface area contributed by atoms with Gasteiger partial charge in [-0.25, -0.2) is 0 Å². The Balaban J connectivity index is 1.72. The number of hydrogen-bond donors (Lipinski definition) is 1. The number of rotatable bonds is 1. The summed E-state index contributed by atoms with van der Waals surface area (Å²) in [5.74, 6) is 1.55. The molecule has 0 bridgehead atoms. The topological polar surface area (TPSA) is 46.3 Å². The van der Waals surface area contributed by atoms with Crippen LogP contribution in [0.15, 0.2) is 11.4 Å². The summed E-state index contributed by atoms with van der Waals surface area (Å²) in [5.41, 5.74) is 7.14. The molecule has 2 heterocycles. The zero-order valence-corrected chi connectivity index (χ0v) is 11.6. The molecule has 0 spiro atoms. The highest BCUT2D eigenvalue weighted by molar-refractivity contribution is 7.12. The molecule has 1 aliphatic carbocycles. The van der Waals surface area contributed by atoms with Crippen LogP contribution in [-0.2, 0) is 0 Å². The van der Waals surface area contributed by atoms with E-state index in [4.69, 9.17) is 5.73 Å².